The molecule has 0 aromatic heterocycles. The minimum absolute atomic E-state index is 0.0614. The largest absolute Gasteiger partial charge is 0.376 e. The molecular weight excluding hydrogens is 348 g/mol. The van der Waals surface area contributed by atoms with Gasteiger partial charge in [0.15, 0.2) is 9.84 Å². The normalized spacial score (nSPS) is 16.6. The third-order valence-electron chi connectivity index (χ3n) is 4.75. The maximum Gasteiger partial charge on any atom is 0.239 e. The van der Waals surface area contributed by atoms with Gasteiger partial charge in [-0.15, -0.1) is 0 Å². The van der Waals surface area contributed by atoms with Gasteiger partial charge < -0.3 is 10.6 Å². The molecule has 2 aromatic carbocycles. The molecule has 1 atom stereocenters. The number of hydrogen-bond acceptors (Lipinski definition) is 4. The third-order valence-corrected chi connectivity index (χ3v) is 6.50. The number of amides is 1. The van der Waals surface area contributed by atoms with Crippen molar-refractivity contribution in [1.82, 2.24) is 5.32 Å². The van der Waals surface area contributed by atoms with Crippen LogP contribution in [0.4, 0.5) is 5.69 Å². The van der Waals surface area contributed by atoms with Crippen LogP contribution in [0.1, 0.15) is 36.9 Å². The minimum Gasteiger partial charge on any atom is -0.376 e. The lowest BCUT2D eigenvalue weighted by atomic mass is 9.88. The van der Waals surface area contributed by atoms with E-state index in [-0.39, 0.29) is 24.2 Å². The predicted octanol–water partition coefficient (Wildman–Crippen LogP) is 3.09. The van der Waals surface area contributed by atoms with E-state index in [4.69, 9.17) is 0 Å². The Morgan fingerprint density at radius 2 is 1.85 bits per heavy atom. The number of carbonyl (C=O) groups is 1. The molecule has 0 saturated heterocycles. The van der Waals surface area contributed by atoms with E-state index in [0.29, 0.717) is 4.90 Å². The van der Waals surface area contributed by atoms with E-state index in [1.165, 1.54) is 11.1 Å². The quantitative estimate of drug-likeness (QED) is 0.817. The van der Waals surface area contributed by atoms with Crippen LogP contribution in [0.5, 0.6) is 0 Å². The number of rotatable bonds is 6. The van der Waals surface area contributed by atoms with Crippen LogP contribution in [0.3, 0.4) is 0 Å². The fraction of sp³-hybridized carbons (Fsp3) is 0.350. The van der Waals surface area contributed by atoms with Crippen molar-refractivity contribution in [3.63, 3.8) is 0 Å². The van der Waals surface area contributed by atoms with Gasteiger partial charge in [0, 0.05) is 5.69 Å². The van der Waals surface area contributed by atoms with Crippen molar-refractivity contribution >= 4 is 21.4 Å². The minimum atomic E-state index is -3.20. The number of fused-ring (bicyclic) bond motifs is 1. The number of anilines is 1. The molecule has 1 aliphatic carbocycles. The van der Waals surface area contributed by atoms with Crippen molar-refractivity contribution in [1.29, 1.82) is 0 Å². The third kappa shape index (κ3) is 4.25. The van der Waals surface area contributed by atoms with E-state index in [0.717, 1.165) is 24.9 Å². The van der Waals surface area contributed by atoms with Crippen molar-refractivity contribution in [2.24, 2.45) is 0 Å². The van der Waals surface area contributed by atoms with Gasteiger partial charge in [0.25, 0.3) is 0 Å². The molecule has 2 aromatic rings. The van der Waals surface area contributed by atoms with Crippen LogP contribution in [0.25, 0.3) is 0 Å². The second kappa shape index (κ2) is 7.91. The predicted molar refractivity (Wildman–Crippen MR) is 103 cm³/mol. The Bertz CT molecular complexity index is 876. The highest BCUT2D eigenvalue weighted by Gasteiger charge is 2.21. The Labute approximate surface area is 154 Å². The Morgan fingerprint density at radius 1 is 1.12 bits per heavy atom. The summed E-state index contributed by atoms with van der Waals surface area (Å²) in [6.45, 7) is 1.77. The molecule has 26 heavy (non-hydrogen) atoms. The smallest absolute Gasteiger partial charge is 0.239 e. The topological polar surface area (TPSA) is 75.3 Å². The molecule has 0 radical (unpaired) electrons. The number of hydrogen-bond donors (Lipinski definition) is 2. The maximum atomic E-state index is 12.3. The highest BCUT2D eigenvalue weighted by molar-refractivity contribution is 7.91. The number of benzene rings is 2. The molecule has 2 N–H and O–H groups in total. The molecule has 1 amide bonds. The lowest BCUT2D eigenvalue weighted by Gasteiger charge is -2.26. The molecule has 0 heterocycles. The lowest BCUT2D eigenvalue weighted by molar-refractivity contribution is -0.120. The van der Waals surface area contributed by atoms with Crippen LogP contribution in [-0.2, 0) is 21.1 Å². The molecule has 5 nitrogen and oxygen atoms in total. The van der Waals surface area contributed by atoms with Gasteiger partial charge in [-0.2, -0.15) is 0 Å². The molecule has 6 heteroatoms. The number of carbonyl (C=O) groups excluding carboxylic acids is 1. The van der Waals surface area contributed by atoms with Gasteiger partial charge in [-0.3, -0.25) is 4.79 Å². The zero-order valence-electron chi connectivity index (χ0n) is 14.9. The first-order valence-electron chi connectivity index (χ1n) is 8.93. The van der Waals surface area contributed by atoms with Crippen molar-refractivity contribution in [3.8, 4) is 0 Å². The van der Waals surface area contributed by atoms with Gasteiger partial charge in [0.2, 0.25) is 5.91 Å². The van der Waals surface area contributed by atoms with E-state index in [1.807, 2.05) is 12.1 Å². The van der Waals surface area contributed by atoms with E-state index >= 15 is 0 Å². The van der Waals surface area contributed by atoms with Crippen LogP contribution >= 0.6 is 0 Å². The van der Waals surface area contributed by atoms with Crippen molar-refractivity contribution in [2.45, 2.75) is 37.1 Å². The van der Waals surface area contributed by atoms with Crippen molar-refractivity contribution < 1.29 is 13.2 Å². The summed E-state index contributed by atoms with van der Waals surface area (Å²) < 4.78 is 23.6. The summed E-state index contributed by atoms with van der Waals surface area (Å²) in [6, 6.07) is 14.8. The molecule has 138 valence electrons. The lowest BCUT2D eigenvalue weighted by Crippen LogP contribution is -2.35. The highest BCUT2D eigenvalue weighted by atomic mass is 32.2. The van der Waals surface area contributed by atoms with Gasteiger partial charge >= 0.3 is 0 Å². The summed E-state index contributed by atoms with van der Waals surface area (Å²) in [4.78, 5) is 12.6. The number of sulfone groups is 1. The average Bonchev–Trinajstić information content (AvgIpc) is 2.67. The molecule has 0 fully saturated rings. The van der Waals surface area contributed by atoms with Crippen LogP contribution < -0.4 is 10.6 Å². The Hall–Kier alpha value is -2.34. The Kier molecular flexibility index (Phi) is 5.61. The molecular formula is C20H24N2O3S. The fourth-order valence-electron chi connectivity index (χ4n) is 3.28. The summed E-state index contributed by atoms with van der Waals surface area (Å²) >= 11 is 0. The van der Waals surface area contributed by atoms with Crippen LogP contribution in [0.2, 0.25) is 0 Å². The number of nitrogens with one attached hydrogen (secondary N) is 2. The maximum absolute atomic E-state index is 12.3. The highest BCUT2D eigenvalue weighted by Crippen LogP contribution is 2.29. The second-order valence-corrected chi connectivity index (χ2v) is 8.77. The van der Waals surface area contributed by atoms with E-state index in [9.17, 15) is 13.2 Å². The summed E-state index contributed by atoms with van der Waals surface area (Å²) in [5, 5.41) is 6.14. The molecule has 1 unspecified atom stereocenters. The SMILES string of the molecule is CCS(=O)(=O)c1ccc(NCC(=O)NC2CCCc3ccccc32)cc1. The van der Waals surface area contributed by atoms with Gasteiger partial charge in [-0.05, 0) is 54.7 Å². The van der Waals surface area contributed by atoms with Crippen LogP contribution in [-0.4, -0.2) is 26.6 Å². The fourth-order valence-corrected chi connectivity index (χ4v) is 4.16. The van der Waals surface area contributed by atoms with Gasteiger partial charge in [0.1, 0.15) is 0 Å². The van der Waals surface area contributed by atoms with Crippen molar-refractivity contribution in [2.75, 3.05) is 17.6 Å². The first-order valence-corrected chi connectivity index (χ1v) is 10.6. The van der Waals surface area contributed by atoms with E-state index in [1.54, 1.807) is 31.2 Å². The van der Waals surface area contributed by atoms with Crippen LogP contribution in [0.15, 0.2) is 53.4 Å². The summed E-state index contributed by atoms with van der Waals surface area (Å²) in [7, 11) is -3.20. The zero-order chi connectivity index (χ0) is 18.6. The number of aryl methyl sites for hydroxylation is 1. The van der Waals surface area contributed by atoms with Gasteiger partial charge in [-0.1, -0.05) is 31.2 Å². The van der Waals surface area contributed by atoms with Gasteiger partial charge in [0.05, 0.1) is 23.2 Å². The molecule has 3 rings (SSSR count). The zero-order valence-corrected chi connectivity index (χ0v) is 15.7. The summed E-state index contributed by atoms with van der Waals surface area (Å²) in [5.74, 6) is 0.00219. The molecule has 0 bridgehead atoms. The molecule has 1 aliphatic rings. The molecule has 0 spiro atoms. The first-order chi connectivity index (χ1) is 12.5. The second-order valence-electron chi connectivity index (χ2n) is 6.49. The first kappa shape index (κ1) is 18.5. The molecule has 0 saturated carbocycles. The van der Waals surface area contributed by atoms with Gasteiger partial charge in [-0.25, -0.2) is 8.42 Å². The van der Waals surface area contributed by atoms with Crippen LogP contribution in [0, 0.1) is 0 Å². The standard InChI is InChI=1S/C20H24N2O3S/c1-2-26(24,25)17-12-10-16(11-13-17)21-14-20(23)22-19-9-5-7-15-6-3-4-8-18(15)19/h3-4,6,8,10-13,19,21H,2,5,7,9,14H2,1H3,(H,22,23). The Morgan fingerprint density at radius 3 is 2.58 bits per heavy atom. The van der Waals surface area contributed by atoms with E-state index in [2.05, 4.69) is 22.8 Å². The average molecular weight is 372 g/mol. The summed E-state index contributed by atoms with van der Waals surface area (Å²) in [6.07, 6.45) is 3.09. The Balaban J connectivity index is 1.57. The van der Waals surface area contributed by atoms with E-state index < -0.39 is 9.84 Å². The monoisotopic (exact) mass is 372 g/mol. The molecule has 0 aliphatic heterocycles. The summed E-state index contributed by atoms with van der Waals surface area (Å²) in [5.41, 5.74) is 3.24. The van der Waals surface area contributed by atoms with Crippen molar-refractivity contribution in [3.05, 3.63) is 59.7 Å².